The second-order valence-corrected chi connectivity index (χ2v) is 6.36. The van der Waals surface area contributed by atoms with Gasteiger partial charge in [0.1, 0.15) is 0 Å². The van der Waals surface area contributed by atoms with Crippen LogP contribution in [0.4, 0.5) is 0 Å². The number of H-pyrrole nitrogens is 1. The first-order valence-electron chi connectivity index (χ1n) is 8.71. The Labute approximate surface area is 142 Å². The predicted octanol–water partition coefficient (Wildman–Crippen LogP) is 3.49. The molecule has 0 spiro atoms. The van der Waals surface area contributed by atoms with Gasteiger partial charge in [-0.15, -0.1) is 0 Å². The van der Waals surface area contributed by atoms with Crippen molar-refractivity contribution < 1.29 is 0 Å². The quantitative estimate of drug-likeness (QED) is 0.782. The van der Waals surface area contributed by atoms with Crippen LogP contribution in [0.1, 0.15) is 42.9 Å². The van der Waals surface area contributed by atoms with Crippen molar-refractivity contribution in [3.05, 3.63) is 66.0 Å². The molecule has 1 aliphatic heterocycles. The lowest BCUT2D eigenvalue weighted by atomic mass is 9.98. The van der Waals surface area contributed by atoms with Gasteiger partial charge >= 0.3 is 0 Å². The van der Waals surface area contributed by atoms with E-state index in [0.717, 1.165) is 38.0 Å². The summed E-state index contributed by atoms with van der Waals surface area (Å²) in [6.07, 6.45) is 7.06. The van der Waals surface area contributed by atoms with E-state index >= 15 is 0 Å². The van der Waals surface area contributed by atoms with Crippen LogP contribution >= 0.6 is 0 Å². The van der Waals surface area contributed by atoms with Crippen molar-refractivity contribution in [2.75, 3.05) is 6.54 Å². The second kappa shape index (κ2) is 6.61. The molecule has 4 rings (SSSR count). The molecule has 0 saturated carbocycles. The largest absolute Gasteiger partial charge is 0.348 e. The first-order valence-corrected chi connectivity index (χ1v) is 8.71. The van der Waals surface area contributed by atoms with Crippen molar-refractivity contribution in [3.63, 3.8) is 0 Å². The highest BCUT2D eigenvalue weighted by molar-refractivity contribution is 5.32. The molecule has 1 N–H and O–H groups in total. The Bertz CT molecular complexity index is 789. The van der Waals surface area contributed by atoms with Crippen LogP contribution in [0.15, 0.2) is 48.9 Å². The minimum atomic E-state index is 0.393. The number of benzene rings is 1. The van der Waals surface area contributed by atoms with Crippen LogP contribution in [0.2, 0.25) is 0 Å². The van der Waals surface area contributed by atoms with Crippen molar-refractivity contribution >= 4 is 0 Å². The van der Waals surface area contributed by atoms with E-state index in [4.69, 9.17) is 0 Å². The van der Waals surface area contributed by atoms with Gasteiger partial charge in [0.25, 0.3) is 0 Å². The van der Waals surface area contributed by atoms with Gasteiger partial charge in [-0.3, -0.25) is 4.90 Å². The third kappa shape index (κ3) is 2.76. The van der Waals surface area contributed by atoms with Crippen LogP contribution in [0, 0.1) is 0 Å². The zero-order valence-electron chi connectivity index (χ0n) is 14.0. The minimum absolute atomic E-state index is 0.393. The van der Waals surface area contributed by atoms with E-state index in [9.17, 15) is 0 Å². The number of nitrogens with zero attached hydrogens (tertiary/aromatic N) is 4. The molecule has 3 aromatic rings. The summed E-state index contributed by atoms with van der Waals surface area (Å²) >= 11 is 0. The number of para-hydroxylation sites is 1. The average molecular weight is 321 g/mol. The zero-order valence-corrected chi connectivity index (χ0v) is 14.0. The Hall–Kier alpha value is -2.40. The number of rotatable bonds is 5. The molecule has 0 aliphatic carbocycles. The smallest absolute Gasteiger partial charge is 0.0925 e. The summed E-state index contributed by atoms with van der Waals surface area (Å²) in [6.45, 7) is 4.19. The van der Waals surface area contributed by atoms with Crippen molar-refractivity contribution in [1.82, 2.24) is 24.6 Å². The van der Waals surface area contributed by atoms with Crippen LogP contribution in [0.5, 0.6) is 0 Å². The van der Waals surface area contributed by atoms with Gasteiger partial charge < -0.3 is 4.98 Å². The van der Waals surface area contributed by atoms with Gasteiger partial charge in [0.15, 0.2) is 0 Å². The van der Waals surface area contributed by atoms with Crippen LogP contribution < -0.4 is 0 Å². The summed E-state index contributed by atoms with van der Waals surface area (Å²) in [4.78, 5) is 10.4. The molecule has 2 aromatic heterocycles. The Morgan fingerprint density at radius 3 is 2.92 bits per heavy atom. The van der Waals surface area contributed by atoms with Crippen LogP contribution in [-0.4, -0.2) is 31.2 Å². The summed E-state index contributed by atoms with van der Waals surface area (Å²) in [5.74, 6) is 0. The maximum Gasteiger partial charge on any atom is 0.0925 e. The van der Waals surface area contributed by atoms with Gasteiger partial charge in [0.2, 0.25) is 0 Å². The summed E-state index contributed by atoms with van der Waals surface area (Å²) in [6, 6.07) is 12.9. The van der Waals surface area contributed by atoms with Gasteiger partial charge in [0.05, 0.1) is 29.4 Å². The molecule has 124 valence electrons. The molecule has 1 unspecified atom stereocenters. The van der Waals surface area contributed by atoms with E-state index in [-0.39, 0.29) is 0 Å². The normalized spacial score (nSPS) is 17.8. The molecule has 0 fully saturated rings. The van der Waals surface area contributed by atoms with Gasteiger partial charge in [-0.05, 0) is 24.6 Å². The van der Waals surface area contributed by atoms with Crippen LogP contribution in [0.25, 0.3) is 5.69 Å². The lowest BCUT2D eigenvalue weighted by molar-refractivity contribution is 0.158. The molecule has 0 saturated heterocycles. The fourth-order valence-corrected chi connectivity index (χ4v) is 3.65. The van der Waals surface area contributed by atoms with Crippen molar-refractivity contribution in [3.8, 4) is 5.69 Å². The van der Waals surface area contributed by atoms with Crippen molar-refractivity contribution in [2.45, 2.75) is 38.8 Å². The maximum atomic E-state index is 4.60. The fraction of sp³-hybridized carbons (Fsp3) is 0.368. The van der Waals surface area contributed by atoms with Crippen molar-refractivity contribution in [1.29, 1.82) is 0 Å². The van der Waals surface area contributed by atoms with Gasteiger partial charge in [0, 0.05) is 31.4 Å². The number of nitrogens with one attached hydrogen (secondary N) is 1. The van der Waals surface area contributed by atoms with E-state index in [0.29, 0.717) is 6.04 Å². The van der Waals surface area contributed by atoms with Crippen molar-refractivity contribution in [2.24, 2.45) is 0 Å². The summed E-state index contributed by atoms with van der Waals surface area (Å²) in [5.41, 5.74) is 4.87. The number of imidazole rings is 1. The molecule has 0 amide bonds. The van der Waals surface area contributed by atoms with Gasteiger partial charge in [-0.2, -0.15) is 5.10 Å². The summed E-state index contributed by atoms with van der Waals surface area (Å²) in [5, 5.41) is 4.53. The van der Waals surface area contributed by atoms with E-state index in [1.807, 2.05) is 23.3 Å². The molecule has 3 heterocycles. The average Bonchev–Trinajstić information content (AvgIpc) is 3.27. The highest BCUT2D eigenvalue weighted by Gasteiger charge is 2.29. The summed E-state index contributed by atoms with van der Waals surface area (Å²) < 4.78 is 2.04. The van der Waals surface area contributed by atoms with E-state index in [2.05, 4.69) is 57.2 Å². The first-order chi connectivity index (χ1) is 11.9. The fourth-order valence-electron chi connectivity index (χ4n) is 3.65. The molecular weight excluding hydrogens is 298 g/mol. The number of hydrogen-bond donors (Lipinski definition) is 1. The Morgan fingerprint density at radius 2 is 2.08 bits per heavy atom. The molecule has 24 heavy (non-hydrogen) atoms. The van der Waals surface area contributed by atoms with Crippen LogP contribution in [-0.2, 0) is 13.0 Å². The number of aromatic amines is 1. The Kier molecular flexibility index (Phi) is 4.17. The second-order valence-electron chi connectivity index (χ2n) is 6.36. The minimum Gasteiger partial charge on any atom is -0.348 e. The molecule has 5 heteroatoms. The monoisotopic (exact) mass is 321 g/mol. The highest BCUT2D eigenvalue weighted by Crippen LogP contribution is 2.32. The van der Waals surface area contributed by atoms with Crippen LogP contribution in [0.3, 0.4) is 0 Å². The SMILES string of the molecule is CCCC1c2nc[nH]c2CCN1Cc1ccnn1-c1ccccc1. The topological polar surface area (TPSA) is 49.7 Å². The zero-order chi connectivity index (χ0) is 16.4. The van der Waals surface area contributed by atoms with E-state index in [1.54, 1.807) is 0 Å². The number of fused-ring (bicyclic) bond motifs is 1. The Morgan fingerprint density at radius 1 is 1.21 bits per heavy atom. The Balaban J connectivity index is 1.61. The third-order valence-corrected chi connectivity index (χ3v) is 4.81. The molecule has 1 atom stereocenters. The van der Waals surface area contributed by atoms with E-state index < -0.39 is 0 Å². The lowest BCUT2D eigenvalue weighted by Gasteiger charge is -2.34. The molecule has 1 aliphatic rings. The summed E-state index contributed by atoms with van der Waals surface area (Å²) in [7, 11) is 0. The molecule has 5 nitrogen and oxygen atoms in total. The highest BCUT2D eigenvalue weighted by atomic mass is 15.3. The molecule has 1 aromatic carbocycles. The predicted molar refractivity (Wildman–Crippen MR) is 93.9 cm³/mol. The van der Waals surface area contributed by atoms with Gasteiger partial charge in [-0.25, -0.2) is 9.67 Å². The standard InChI is InChI=1S/C19H23N5/c1-2-6-18-19-17(20-14-21-19)10-12-23(18)13-16-9-11-22-24(16)15-7-4-3-5-8-15/h3-5,7-9,11,14,18H,2,6,10,12-13H2,1H3,(H,20,21). The molecular formula is C19H23N5. The lowest BCUT2D eigenvalue weighted by Crippen LogP contribution is -2.35. The number of hydrogen-bond acceptors (Lipinski definition) is 3. The number of aromatic nitrogens is 4. The third-order valence-electron chi connectivity index (χ3n) is 4.81. The van der Waals surface area contributed by atoms with E-state index in [1.165, 1.54) is 17.1 Å². The van der Waals surface area contributed by atoms with Gasteiger partial charge in [-0.1, -0.05) is 31.5 Å². The first kappa shape index (κ1) is 15.1. The maximum absolute atomic E-state index is 4.60. The molecule has 0 radical (unpaired) electrons. The molecule has 0 bridgehead atoms.